The number of rotatable bonds is 3. The van der Waals surface area contributed by atoms with Gasteiger partial charge in [0, 0.05) is 0 Å². The molecule has 1 fully saturated rings. The summed E-state index contributed by atoms with van der Waals surface area (Å²) in [6.45, 7) is -0.681. The Balaban J connectivity index is 2.05. The van der Waals surface area contributed by atoms with Gasteiger partial charge < -0.3 is 0 Å². The van der Waals surface area contributed by atoms with Gasteiger partial charge >= 0.3 is 0 Å². The number of hydrogen-bond acceptors (Lipinski definition) is 0. The third-order valence-electron chi connectivity index (χ3n) is 2.43. The highest BCUT2D eigenvalue weighted by molar-refractivity contribution is 8.03. The van der Waals surface area contributed by atoms with E-state index in [1.165, 1.54) is 38.5 Å². The van der Waals surface area contributed by atoms with Crippen LogP contribution in [0.3, 0.4) is 0 Å². The van der Waals surface area contributed by atoms with Gasteiger partial charge in [-0.2, -0.15) is 0 Å². The van der Waals surface area contributed by atoms with Crippen LogP contribution in [0.25, 0.3) is 0 Å². The van der Waals surface area contributed by atoms with E-state index < -0.39 is 6.63 Å². The summed E-state index contributed by atoms with van der Waals surface area (Å²) in [5.41, 5.74) is 0. The Bertz CT molecular complexity index is 100. The molecule has 1 aliphatic carbocycles. The zero-order valence-corrected chi connectivity index (χ0v) is 9.14. The van der Waals surface area contributed by atoms with Crippen molar-refractivity contribution in [2.75, 3.05) is 6.16 Å². The first-order valence-corrected chi connectivity index (χ1v) is 7.72. The molecule has 0 atom stereocenters. The van der Waals surface area contributed by atoms with E-state index in [9.17, 15) is 0 Å². The summed E-state index contributed by atoms with van der Waals surface area (Å²) in [5, 5.41) is 0. The Morgan fingerprint density at radius 1 is 1.09 bits per heavy atom. The van der Waals surface area contributed by atoms with E-state index in [2.05, 4.69) is 0 Å². The van der Waals surface area contributed by atoms with Crippen LogP contribution in [0.4, 0.5) is 0 Å². The maximum Gasteiger partial charge on any atom is 0.0854 e. The molecule has 0 radical (unpaired) electrons. The second-order valence-corrected chi connectivity index (χ2v) is 7.34. The van der Waals surface area contributed by atoms with Gasteiger partial charge in [-0.25, -0.2) is 0 Å². The Morgan fingerprint density at radius 2 is 1.73 bits per heavy atom. The van der Waals surface area contributed by atoms with Gasteiger partial charge in [-0.15, -0.1) is 0 Å². The molecule has 0 spiro atoms. The average Bonchev–Trinajstić information content (AvgIpc) is 2.03. The monoisotopic (exact) mass is 212 g/mol. The quantitative estimate of drug-likeness (QED) is 0.593. The molecule has 11 heavy (non-hydrogen) atoms. The largest absolute Gasteiger partial charge is 0.0854 e. The molecule has 3 heteroatoms. The second kappa shape index (κ2) is 5.62. The lowest BCUT2D eigenvalue weighted by Crippen LogP contribution is -2.06. The van der Waals surface area contributed by atoms with Gasteiger partial charge in [0.1, 0.15) is 0 Å². The van der Waals surface area contributed by atoms with Crippen LogP contribution in [0.15, 0.2) is 0 Å². The molecule has 0 aliphatic heterocycles. The third kappa shape index (κ3) is 4.55. The minimum atomic E-state index is -0.681. The fourth-order valence-corrected chi connectivity index (χ4v) is 2.90. The zero-order chi connectivity index (χ0) is 8.10. The molecule has 66 valence electrons. The predicted molar refractivity (Wildman–Crippen MR) is 54.7 cm³/mol. The lowest BCUT2D eigenvalue weighted by atomic mass is 9.88. The molecular formula is C8H15Cl2P. The summed E-state index contributed by atoms with van der Waals surface area (Å²) in [4.78, 5) is 0. The fraction of sp³-hybridized carbons (Fsp3) is 1.00. The first-order valence-electron chi connectivity index (χ1n) is 4.38. The Labute approximate surface area is 80.0 Å². The molecule has 0 nitrogen and oxygen atoms in total. The molecule has 0 saturated heterocycles. The van der Waals surface area contributed by atoms with Crippen molar-refractivity contribution in [3.8, 4) is 0 Å². The van der Waals surface area contributed by atoms with Gasteiger partial charge in [0.2, 0.25) is 0 Å². The smallest absolute Gasteiger partial charge is 0.0781 e. The summed E-state index contributed by atoms with van der Waals surface area (Å²) in [5.74, 6) is 0.936. The van der Waals surface area contributed by atoms with Crippen molar-refractivity contribution in [1.82, 2.24) is 0 Å². The number of halogens is 2. The highest BCUT2D eigenvalue weighted by Gasteiger charge is 2.13. The van der Waals surface area contributed by atoms with E-state index in [0.717, 1.165) is 12.1 Å². The molecule has 0 N–H and O–H groups in total. The number of hydrogen-bond donors (Lipinski definition) is 0. The van der Waals surface area contributed by atoms with Crippen LogP contribution in [0.1, 0.15) is 38.5 Å². The predicted octanol–water partition coefficient (Wildman–Crippen LogP) is 4.75. The molecule has 0 heterocycles. The summed E-state index contributed by atoms with van der Waals surface area (Å²) in [6.07, 6.45) is 9.42. The lowest BCUT2D eigenvalue weighted by molar-refractivity contribution is 0.351. The van der Waals surface area contributed by atoms with Crippen molar-refractivity contribution < 1.29 is 0 Å². The highest BCUT2D eigenvalue weighted by Crippen LogP contribution is 2.48. The van der Waals surface area contributed by atoms with Crippen LogP contribution >= 0.6 is 29.1 Å². The van der Waals surface area contributed by atoms with E-state index >= 15 is 0 Å². The van der Waals surface area contributed by atoms with Gasteiger partial charge in [0.15, 0.2) is 0 Å². The fourth-order valence-electron chi connectivity index (χ4n) is 1.76. The zero-order valence-electron chi connectivity index (χ0n) is 6.73. The molecule has 0 aromatic rings. The minimum absolute atomic E-state index is 0.681. The standard InChI is InChI=1S/C8H15Cl2P/c9-11(10)7-6-8-4-2-1-3-5-8/h8H,1-7H2. The minimum Gasteiger partial charge on any atom is -0.0781 e. The summed E-state index contributed by atoms with van der Waals surface area (Å²) >= 11 is 11.5. The molecule has 0 unspecified atom stereocenters. The Kier molecular flexibility index (Phi) is 5.16. The van der Waals surface area contributed by atoms with Gasteiger partial charge in [0.05, 0.1) is 6.63 Å². The molecule has 0 bridgehead atoms. The molecule has 1 saturated carbocycles. The lowest BCUT2D eigenvalue weighted by Gasteiger charge is -2.21. The van der Waals surface area contributed by atoms with Crippen molar-refractivity contribution in [3.05, 3.63) is 0 Å². The molecular weight excluding hydrogens is 198 g/mol. The van der Waals surface area contributed by atoms with Crippen molar-refractivity contribution in [2.24, 2.45) is 5.92 Å². The topological polar surface area (TPSA) is 0 Å². The Hall–Kier alpha value is 1.01. The molecule has 1 rings (SSSR count). The van der Waals surface area contributed by atoms with E-state index in [4.69, 9.17) is 22.5 Å². The van der Waals surface area contributed by atoms with Crippen LogP contribution in [0.2, 0.25) is 0 Å². The van der Waals surface area contributed by atoms with Crippen LogP contribution < -0.4 is 0 Å². The van der Waals surface area contributed by atoms with E-state index in [0.29, 0.717) is 0 Å². The van der Waals surface area contributed by atoms with Crippen LogP contribution in [-0.2, 0) is 0 Å². The summed E-state index contributed by atoms with van der Waals surface area (Å²) in [7, 11) is 0. The SMILES string of the molecule is ClP(Cl)CCC1CCCCC1. The van der Waals surface area contributed by atoms with Crippen molar-refractivity contribution in [2.45, 2.75) is 38.5 Å². The van der Waals surface area contributed by atoms with Crippen molar-refractivity contribution in [3.63, 3.8) is 0 Å². The first-order chi connectivity index (χ1) is 5.29. The average molecular weight is 213 g/mol. The van der Waals surface area contributed by atoms with E-state index in [1.807, 2.05) is 0 Å². The molecule has 0 aromatic heterocycles. The molecule has 0 aromatic carbocycles. The maximum absolute atomic E-state index is 5.73. The molecule has 0 amide bonds. The highest BCUT2D eigenvalue weighted by atomic mass is 35.9. The summed E-state index contributed by atoms with van der Waals surface area (Å²) in [6, 6.07) is 0. The van der Waals surface area contributed by atoms with Gasteiger partial charge in [-0.1, -0.05) is 54.6 Å². The van der Waals surface area contributed by atoms with Crippen LogP contribution in [0, 0.1) is 5.92 Å². The van der Waals surface area contributed by atoms with E-state index in [-0.39, 0.29) is 0 Å². The van der Waals surface area contributed by atoms with Gasteiger partial charge in [-0.3, -0.25) is 0 Å². The van der Waals surface area contributed by atoms with Crippen LogP contribution in [0.5, 0.6) is 0 Å². The third-order valence-corrected chi connectivity index (χ3v) is 4.04. The normalized spacial score (nSPS) is 21.0. The maximum atomic E-state index is 5.73. The molecule has 1 aliphatic rings. The first kappa shape index (κ1) is 10.1. The second-order valence-electron chi connectivity index (χ2n) is 3.32. The Morgan fingerprint density at radius 3 is 2.27 bits per heavy atom. The van der Waals surface area contributed by atoms with Gasteiger partial charge in [-0.05, 0) is 18.5 Å². The van der Waals surface area contributed by atoms with Crippen molar-refractivity contribution >= 4 is 29.1 Å². The van der Waals surface area contributed by atoms with E-state index in [1.54, 1.807) is 0 Å². The van der Waals surface area contributed by atoms with Gasteiger partial charge in [0.25, 0.3) is 0 Å². The summed E-state index contributed by atoms with van der Waals surface area (Å²) < 4.78 is 0. The van der Waals surface area contributed by atoms with Crippen LogP contribution in [-0.4, -0.2) is 6.16 Å². The van der Waals surface area contributed by atoms with Crippen molar-refractivity contribution in [1.29, 1.82) is 0 Å².